The Morgan fingerprint density at radius 3 is 2.94 bits per heavy atom. The summed E-state index contributed by atoms with van der Waals surface area (Å²) < 4.78 is 6.23. The maximum Gasteiger partial charge on any atom is 0.122 e. The lowest BCUT2D eigenvalue weighted by molar-refractivity contribution is 0.131. The van der Waals surface area contributed by atoms with E-state index in [1.165, 1.54) is 6.42 Å². The first-order valence-electron chi connectivity index (χ1n) is 6.84. The van der Waals surface area contributed by atoms with Crippen molar-refractivity contribution in [2.75, 3.05) is 13.1 Å². The molecule has 2 nitrogen and oxygen atoms in total. The predicted molar refractivity (Wildman–Crippen MR) is 76.5 cm³/mol. The quantitative estimate of drug-likeness (QED) is 0.876. The second-order valence-corrected chi connectivity index (χ2v) is 5.54. The Morgan fingerprint density at radius 1 is 1.50 bits per heavy atom. The molecule has 1 heterocycles. The summed E-state index contributed by atoms with van der Waals surface area (Å²) in [5, 5.41) is 4.19. The number of hydrogen-bond acceptors (Lipinski definition) is 2. The maximum absolute atomic E-state index is 6.23. The van der Waals surface area contributed by atoms with Crippen molar-refractivity contribution in [1.29, 1.82) is 0 Å². The van der Waals surface area contributed by atoms with Crippen LogP contribution in [0.3, 0.4) is 0 Å². The third kappa shape index (κ3) is 3.39. The lowest BCUT2D eigenvalue weighted by Gasteiger charge is -2.25. The lowest BCUT2D eigenvalue weighted by Crippen LogP contribution is -2.28. The van der Waals surface area contributed by atoms with Crippen molar-refractivity contribution in [2.24, 2.45) is 5.92 Å². The molecule has 1 aromatic rings. The minimum absolute atomic E-state index is 0.324. The van der Waals surface area contributed by atoms with Gasteiger partial charge in [0, 0.05) is 17.5 Å². The summed E-state index contributed by atoms with van der Waals surface area (Å²) in [6.45, 7) is 6.47. The molecule has 1 aliphatic rings. The van der Waals surface area contributed by atoms with Crippen LogP contribution >= 0.6 is 11.6 Å². The van der Waals surface area contributed by atoms with Gasteiger partial charge in [-0.3, -0.25) is 0 Å². The fourth-order valence-electron chi connectivity index (χ4n) is 2.58. The van der Waals surface area contributed by atoms with Crippen LogP contribution in [-0.2, 0) is 0 Å². The van der Waals surface area contributed by atoms with E-state index in [-0.39, 0.29) is 0 Å². The monoisotopic (exact) mass is 267 g/mol. The Balaban J connectivity index is 2.07. The number of ether oxygens (including phenoxy) is 1. The molecule has 0 amide bonds. The van der Waals surface area contributed by atoms with Crippen LogP contribution in [0.25, 0.3) is 0 Å². The van der Waals surface area contributed by atoms with Gasteiger partial charge in [-0.1, -0.05) is 24.9 Å². The molecule has 1 N–H and O–H groups in total. The van der Waals surface area contributed by atoms with Gasteiger partial charge >= 0.3 is 0 Å². The largest absolute Gasteiger partial charge is 0.490 e. The van der Waals surface area contributed by atoms with Crippen LogP contribution in [0, 0.1) is 12.8 Å². The number of aryl methyl sites for hydroxylation is 1. The number of benzene rings is 1. The van der Waals surface area contributed by atoms with Gasteiger partial charge in [-0.25, -0.2) is 0 Å². The standard InChI is InChI=1S/C15H22ClNO/c1-3-4-15(12-7-8-17-10-12)18-14-6-5-13(16)9-11(14)2/h5-6,9,12,15,17H,3-4,7-8,10H2,1-2H3/t12?,15-/m1/s1. The van der Waals surface area contributed by atoms with Crippen molar-refractivity contribution >= 4 is 11.6 Å². The van der Waals surface area contributed by atoms with Gasteiger partial charge in [0.05, 0.1) is 0 Å². The van der Waals surface area contributed by atoms with E-state index in [4.69, 9.17) is 16.3 Å². The zero-order valence-corrected chi connectivity index (χ0v) is 12.0. The molecule has 1 saturated heterocycles. The van der Waals surface area contributed by atoms with E-state index in [0.717, 1.165) is 42.3 Å². The molecule has 2 rings (SSSR count). The van der Waals surface area contributed by atoms with Gasteiger partial charge in [-0.05, 0) is 50.1 Å². The molecule has 1 aromatic carbocycles. The fourth-order valence-corrected chi connectivity index (χ4v) is 2.80. The summed E-state index contributed by atoms with van der Waals surface area (Å²) in [6, 6.07) is 5.86. The molecule has 0 bridgehead atoms. The maximum atomic E-state index is 6.23. The van der Waals surface area contributed by atoms with E-state index >= 15 is 0 Å². The zero-order valence-electron chi connectivity index (χ0n) is 11.2. The summed E-state index contributed by atoms with van der Waals surface area (Å²) in [6.07, 6.45) is 3.82. The molecule has 0 saturated carbocycles. The Bertz CT molecular complexity index is 388. The average molecular weight is 268 g/mol. The van der Waals surface area contributed by atoms with E-state index in [9.17, 15) is 0 Å². The molecule has 1 unspecified atom stereocenters. The summed E-state index contributed by atoms with van der Waals surface area (Å²) >= 11 is 5.98. The molecule has 100 valence electrons. The van der Waals surface area contributed by atoms with E-state index in [1.54, 1.807) is 0 Å². The fraction of sp³-hybridized carbons (Fsp3) is 0.600. The van der Waals surface area contributed by atoms with Crippen molar-refractivity contribution in [2.45, 2.75) is 39.2 Å². The third-order valence-electron chi connectivity index (χ3n) is 3.61. The second kappa shape index (κ2) is 6.44. The van der Waals surface area contributed by atoms with Crippen LogP contribution in [0.1, 0.15) is 31.7 Å². The van der Waals surface area contributed by atoms with E-state index < -0.39 is 0 Å². The number of rotatable bonds is 5. The SMILES string of the molecule is CCC[C@@H](Oc1ccc(Cl)cc1C)C1CCNC1. The first-order chi connectivity index (χ1) is 8.70. The Morgan fingerprint density at radius 2 is 2.33 bits per heavy atom. The minimum atomic E-state index is 0.324. The van der Waals surface area contributed by atoms with Crippen molar-refractivity contribution in [3.63, 3.8) is 0 Å². The van der Waals surface area contributed by atoms with E-state index in [0.29, 0.717) is 12.0 Å². The van der Waals surface area contributed by atoms with E-state index in [2.05, 4.69) is 19.2 Å². The third-order valence-corrected chi connectivity index (χ3v) is 3.85. The summed E-state index contributed by atoms with van der Waals surface area (Å²) in [7, 11) is 0. The highest BCUT2D eigenvalue weighted by molar-refractivity contribution is 6.30. The smallest absolute Gasteiger partial charge is 0.122 e. The van der Waals surface area contributed by atoms with Crippen LogP contribution in [0.2, 0.25) is 5.02 Å². The molecule has 0 aromatic heterocycles. The van der Waals surface area contributed by atoms with Crippen LogP contribution in [0.15, 0.2) is 18.2 Å². The molecular formula is C15H22ClNO. The van der Waals surface area contributed by atoms with Gasteiger partial charge in [0.1, 0.15) is 11.9 Å². The van der Waals surface area contributed by atoms with Gasteiger partial charge in [-0.2, -0.15) is 0 Å². The lowest BCUT2D eigenvalue weighted by atomic mass is 9.97. The number of nitrogens with one attached hydrogen (secondary N) is 1. The Hall–Kier alpha value is -0.730. The minimum Gasteiger partial charge on any atom is -0.490 e. The molecule has 0 radical (unpaired) electrons. The van der Waals surface area contributed by atoms with Crippen molar-refractivity contribution < 1.29 is 4.74 Å². The molecule has 1 aliphatic heterocycles. The van der Waals surface area contributed by atoms with Crippen LogP contribution in [0.5, 0.6) is 5.75 Å². The van der Waals surface area contributed by atoms with Crippen LogP contribution in [-0.4, -0.2) is 19.2 Å². The average Bonchev–Trinajstić information content (AvgIpc) is 2.85. The highest BCUT2D eigenvalue weighted by Gasteiger charge is 2.26. The molecule has 2 atom stereocenters. The molecule has 1 fully saturated rings. The van der Waals surface area contributed by atoms with Gasteiger partial charge in [-0.15, -0.1) is 0 Å². The second-order valence-electron chi connectivity index (χ2n) is 5.11. The van der Waals surface area contributed by atoms with Crippen molar-refractivity contribution in [3.8, 4) is 5.75 Å². The highest BCUT2D eigenvalue weighted by Crippen LogP contribution is 2.27. The molecular weight excluding hydrogens is 246 g/mol. The summed E-state index contributed by atoms with van der Waals surface area (Å²) in [5.74, 6) is 1.62. The highest BCUT2D eigenvalue weighted by atomic mass is 35.5. The van der Waals surface area contributed by atoms with E-state index in [1.807, 2.05) is 18.2 Å². The Kier molecular flexibility index (Phi) is 4.90. The zero-order chi connectivity index (χ0) is 13.0. The van der Waals surface area contributed by atoms with Crippen LogP contribution < -0.4 is 10.1 Å². The molecule has 18 heavy (non-hydrogen) atoms. The molecule has 0 spiro atoms. The first kappa shape index (κ1) is 13.7. The molecule has 0 aliphatic carbocycles. The predicted octanol–water partition coefficient (Wildman–Crippen LogP) is 3.81. The van der Waals surface area contributed by atoms with Gasteiger partial charge in [0.15, 0.2) is 0 Å². The van der Waals surface area contributed by atoms with Gasteiger partial charge in [0.2, 0.25) is 0 Å². The molecule has 3 heteroatoms. The number of hydrogen-bond donors (Lipinski definition) is 1. The number of halogens is 1. The first-order valence-corrected chi connectivity index (χ1v) is 7.22. The topological polar surface area (TPSA) is 21.3 Å². The summed E-state index contributed by atoms with van der Waals surface area (Å²) in [5.41, 5.74) is 1.12. The normalized spacial score (nSPS) is 20.9. The summed E-state index contributed by atoms with van der Waals surface area (Å²) in [4.78, 5) is 0. The van der Waals surface area contributed by atoms with Gasteiger partial charge in [0.25, 0.3) is 0 Å². The van der Waals surface area contributed by atoms with Gasteiger partial charge < -0.3 is 10.1 Å². The van der Waals surface area contributed by atoms with Crippen molar-refractivity contribution in [1.82, 2.24) is 5.32 Å². The Labute approximate surface area is 115 Å². The van der Waals surface area contributed by atoms with Crippen molar-refractivity contribution in [3.05, 3.63) is 28.8 Å². The van der Waals surface area contributed by atoms with Crippen LogP contribution in [0.4, 0.5) is 0 Å².